The lowest BCUT2D eigenvalue weighted by molar-refractivity contribution is 0.875. The predicted octanol–water partition coefficient (Wildman–Crippen LogP) is 1.27. The van der Waals surface area contributed by atoms with Crippen LogP contribution in [0.3, 0.4) is 0 Å². The fraction of sp³-hybridized carbons (Fsp3) is 0.364. The highest BCUT2D eigenvalue weighted by molar-refractivity contribution is 7.98. The number of aromatic nitrogens is 3. The van der Waals surface area contributed by atoms with Crippen molar-refractivity contribution in [3.05, 3.63) is 29.3 Å². The van der Waals surface area contributed by atoms with Gasteiger partial charge in [-0.05, 0) is 17.7 Å². The van der Waals surface area contributed by atoms with E-state index in [0.717, 1.165) is 28.4 Å². The van der Waals surface area contributed by atoms with Gasteiger partial charge in [0.1, 0.15) is 5.82 Å². The van der Waals surface area contributed by atoms with Gasteiger partial charge in [0.15, 0.2) is 5.65 Å². The number of nitrogens with zero attached hydrogens (tertiary/aromatic N) is 3. The molecular formula is C11H12N4S. The number of hydrogen-bond donors (Lipinski definition) is 1. The van der Waals surface area contributed by atoms with Crippen molar-refractivity contribution in [1.82, 2.24) is 15.0 Å². The topological polar surface area (TPSA) is 64.7 Å². The summed E-state index contributed by atoms with van der Waals surface area (Å²) in [6.07, 6.45) is 4.55. The van der Waals surface area contributed by atoms with Gasteiger partial charge in [-0.25, -0.2) is 15.0 Å². The number of nitrogens with two attached hydrogens (primary N) is 1. The maximum Gasteiger partial charge on any atom is 0.163 e. The minimum absolute atomic E-state index is 0.576. The van der Waals surface area contributed by atoms with Gasteiger partial charge in [-0.1, -0.05) is 0 Å². The Kier molecular flexibility index (Phi) is 2.49. The molecule has 2 aromatic rings. The molecule has 3 rings (SSSR count). The largest absolute Gasteiger partial charge is 0.330 e. The summed E-state index contributed by atoms with van der Waals surface area (Å²) in [4.78, 5) is 13.2. The van der Waals surface area contributed by atoms with Gasteiger partial charge < -0.3 is 5.73 Å². The van der Waals surface area contributed by atoms with Crippen LogP contribution in [-0.4, -0.2) is 21.5 Å². The van der Waals surface area contributed by atoms with E-state index in [0.29, 0.717) is 13.0 Å². The first-order chi connectivity index (χ1) is 7.88. The molecule has 5 heteroatoms. The monoisotopic (exact) mass is 232 g/mol. The second kappa shape index (κ2) is 3.99. The maximum atomic E-state index is 5.49. The van der Waals surface area contributed by atoms with E-state index in [2.05, 4.69) is 15.0 Å². The third-order valence-electron chi connectivity index (χ3n) is 2.75. The first-order valence-electron chi connectivity index (χ1n) is 5.28. The van der Waals surface area contributed by atoms with Gasteiger partial charge in [-0.15, -0.1) is 0 Å². The zero-order valence-corrected chi connectivity index (χ0v) is 9.63. The Hall–Kier alpha value is -1.20. The molecule has 2 N–H and O–H groups in total. The van der Waals surface area contributed by atoms with Gasteiger partial charge >= 0.3 is 0 Å². The molecule has 0 aliphatic carbocycles. The molecule has 0 atom stereocenters. The molecule has 1 aliphatic heterocycles. The van der Waals surface area contributed by atoms with E-state index in [-0.39, 0.29) is 0 Å². The van der Waals surface area contributed by atoms with Gasteiger partial charge in [0.25, 0.3) is 0 Å². The van der Waals surface area contributed by atoms with Crippen molar-refractivity contribution < 1.29 is 0 Å². The fourth-order valence-corrected chi connectivity index (χ4v) is 3.03. The Morgan fingerprint density at radius 2 is 2.19 bits per heavy atom. The third-order valence-corrected chi connectivity index (χ3v) is 3.75. The Balaban J connectivity index is 2.16. The van der Waals surface area contributed by atoms with E-state index in [9.17, 15) is 0 Å². The van der Waals surface area contributed by atoms with Crippen LogP contribution in [0.4, 0.5) is 0 Å². The van der Waals surface area contributed by atoms with Crippen LogP contribution in [0.15, 0.2) is 12.4 Å². The molecule has 0 saturated heterocycles. The summed E-state index contributed by atoms with van der Waals surface area (Å²) in [6, 6.07) is 0. The average Bonchev–Trinajstić information content (AvgIpc) is 2.77. The first kappa shape index (κ1) is 9.99. The summed E-state index contributed by atoms with van der Waals surface area (Å²) in [5.41, 5.74) is 8.98. The lowest BCUT2D eigenvalue weighted by atomic mass is 10.1. The molecule has 0 radical (unpaired) electrons. The highest BCUT2D eigenvalue weighted by atomic mass is 32.2. The number of hydrogen-bond acceptors (Lipinski definition) is 5. The predicted molar refractivity (Wildman–Crippen MR) is 65.1 cm³/mol. The summed E-state index contributed by atoms with van der Waals surface area (Å²) in [6.45, 7) is 0.576. The molecule has 0 saturated carbocycles. The van der Waals surface area contributed by atoms with E-state index in [1.54, 1.807) is 0 Å². The fourth-order valence-electron chi connectivity index (χ4n) is 1.92. The summed E-state index contributed by atoms with van der Waals surface area (Å²) < 4.78 is 0. The summed E-state index contributed by atoms with van der Waals surface area (Å²) in [7, 11) is 0. The molecule has 0 spiro atoms. The van der Waals surface area contributed by atoms with Crippen LogP contribution in [0, 0.1) is 0 Å². The molecule has 2 aromatic heterocycles. The van der Waals surface area contributed by atoms with Crippen molar-refractivity contribution in [2.75, 3.05) is 6.54 Å². The van der Waals surface area contributed by atoms with Crippen LogP contribution >= 0.6 is 11.8 Å². The van der Waals surface area contributed by atoms with Crippen LogP contribution in [0.25, 0.3) is 11.0 Å². The van der Waals surface area contributed by atoms with Gasteiger partial charge in [0.05, 0.1) is 0 Å². The van der Waals surface area contributed by atoms with E-state index < -0.39 is 0 Å². The molecule has 0 fully saturated rings. The highest BCUT2D eigenvalue weighted by Gasteiger charge is 2.16. The lowest BCUT2D eigenvalue weighted by Crippen LogP contribution is -2.07. The van der Waals surface area contributed by atoms with Crippen molar-refractivity contribution in [1.29, 1.82) is 0 Å². The second-order valence-electron chi connectivity index (χ2n) is 3.82. The lowest BCUT2D eigenvalue weighted by Gasteiger charge is -2.04. The molecule has 82 valence electrons. The minimum Gasteiger partial charge on any atom is -0.330 e. The van der Waals surface area contributed by atoms with Crippen LogP contribution in [-0.2, 0) is 17.9 Å². The Morgan fingerprint density at radius 1 is 1.25 bits per heavy atom. The molecule has 1 aliphatic rings. The molecule has 0 amide bonds. The molecule has 16 heavy (non-hydrogen) atoms. The van der Waals surface area contributed by atoms with Gasteiger partial charge in [0.2, 0.25) is 0 Å². The van der Waals surface area contributed by atoms with Gasteiger partial charge in [-0.2, -0.15) is 11.8 Å². The van der Waals surface area contributed by atoms with Crippen molar-refractivity contribution in [2.45, 2.75) is 17.9 Å². The number of pyridine rings is 1. The smallest absolute Gasteiger partial charge is 0.163 e. The number of rotatable bonds is 2. The van der Waals surface area contributed by atoms with E-state index in [4.69, 9.17) is 5.73 Å². The summed E-state index contributed by atoms with van der Waals surface area (Å²) >= 11 is 1.92. The summed E-state index contributed by atoms with van der Waals surface area (Å²) in [5.74, 6) is 2.89. The zero-order valence-electron chi connectivity index (χ0n) is 8.81. The highest BCUT2D eigenvalue weighted by Crippen LogP contribution is 2.33. The van der Waals surface area contributed by atoms with Crippen LogP contribution in [0.1, 0.15) is 17.0 Å². The quantitative estimate of drug-likeness (QED) is 0.844. The van der Waals surface area contributed by atoms with E-state index in [1.165, 1.54) is 11.1 Å². The molecular weight excluding hydrogens is 220 g/mol. The standard InChI is InChI=1S/C11H12N4S/c12-2-1-10-13-4-8-9-6-16-5-7(9)3-14-11(8)15-10/h3-4H,1-2,5-6,12H2. The molecule has 0 unspecified atom stereocenters. The minimum atomic E-state index is 0.576. The Labute approximate surface area is 97.7 Å². The molecule has 0 aromatic carbocycles. The molecule has 3 heterocycles. The Bertz CT molecular complexity index is 541. The van der Waals surface area contributed by atoms with Crippen LogP contribution < -0.4 is 5.73 Å². The zero-order chi connectivity index (χ0) is 11.0. The van der Waals surface area contributed by atoms with Gasteiger partial charge in [-0.3, -0.25) is 0 Å². The number of fused-ring (bicyclic) bond motifs is 3. The van der Waals surface area contributed by atoms with Crippen molar-refractivity contribution in [3.63, 3.8) is 0 Å². The SMILES string of the molecule is NCCc1ncc2c3c(cnc2n1)CSC3. The maximum absolute atomic E-state index is 5.49. The second-order valence-corrected chi connectivity index (χ2v) is 4.80. The average molecular weight is 232 g/mol. The molecule has 4 nitrogen and oxygen atoms in total. The number of thioether (sulfide) groups is 1. The van der Waals surface area contributed by atoms with E-state index >= 15 is 0 Å². The van der Waals surface area contributed by atoms with Crippen molar-refractivity contribution >= 4 is 22.8 Å². The van der Waals surface area contributed by atoms with Crippen LogP contribution in [0.2, 0.25) is 0 Å². The summed E-state index contributed by atoms with van der Waals surface area (Å²) in [5, 5.41) is 1.10. The first-order valence-corrected chi connectivity index (χ1v) is 6.44. The van der Waals surface area contributed by atoms with E-state index in [1.807, 2.05) is 24.2 Å². The van der Waals surface area contributed by atoms with Crippen molar-refractivity contribution in [3.8, 4) is 0 Å². The molecule has 0 bridgehead atoms. The van der Waals surface area contributed by atoms with Crippen LogP contribution in [0.5, 0.6) is 0 Å². The Morgan fingerprint density at radius 3 is 3.06 bits per heavy atom. The third kappa shape index (κ3) is 1.56. The van der Waals surface area contributed by atoms with Crippen molar-refractivity contribution in [2.24, 2.45) is 5.73 Å². The van der Waals surface area contributed by atoms with Gasteiger partial charge in [0, 0.05) is 35.7 Å². The normalized spacial score (nSPS) is 14.3.